The van der Waals surface area contributed by atoms with Crippen molar-refractivity contribution in [1.82, 2.24) is 0 Å². The third-order valence-corrected chi connectivity index (χ3v) is 2.64. The first-order valence-corrected chi connectivity index (χ1v) is 3.97. The fourth-order valence-electron chi connectivity index (χ4n) is 1.67. The zero-order valence-electron chi connectivity index (χ0n) is 7.51. The van der Waals surface area contributed by atoms with E-state index in [0.29, 0.717) is 6.61 Å². The van der Waals surface area contributed by atoms with Crippen LogP contribution in [0, 0.1) is 11.3 Å². The maximum atomic E-state index is 10.6. The standard InChI is InChI=1S/C9H12O3/c1-4-12-9(6-11)7(5-10)8(9,2)3/h7H,4H2,1-3H3/t7?,9-/m0/s1. The minimum atomic E-state index is -1.02. The number of ether oxygens (including phenoxy) is 1. The van der Waals surface area contributed by atoms with E-state index >= 15 is 0 Å². The Balaban J connectivity index is 2.84. The molecule has 3 heteroatoms. The zero-order valence-corrected chi connectivity index (χ0v) is 7.51. The highest BCUT2D eigenvalue weighted by atomic mass is 16.5. The zero-order chi connectivity index (χ0) is 9.41. The van der Waals surface area contributed by atoms with E-state index < -0.39 is 16.9 Å². The maximum absolute atomic E-state index is 10.6. The van der Waals surface area contributed by atoms with Gasteiger partial charge in [0.05, 0.1) is 5.92 Å². The fourth-order valence-corrected chi connectivity index (χ4v) is 1.67. The first kappa shape index (κ1) is 9.39. The van der Waals surface area contributed by atoms with Gasteiger partial charge in [0.2, 0.25) is 12.6 Å². The summed E-state index contributed by atoms with van der Waals surface area (Å²) in [4.78, 5) is 21.1. The average Bonchev–Trinajstić information content (AvgIpc) is 2.49. The van der Waals surface area contributed by atoms with Gasteiger partial charge in [-0.15, -0.1) is 0 Å². The highest BCUT2D eigenvalue weighted by Crippen LogP contribution is 2.61. The van der Waals surface area contributed by atoms with E-state index in [2.05, 4.69) is 0 Å². The molecule has 1 aliphatic carbocycles. The summed E-state index contributed by atoms with van der Waals surface area (Å²) in [5, 5.41) is 0. The van der Waals surface area contributed by atoms with E-state index in [1.54, 1.807) is 6.92 Å². The van der Waals surface area contributed by atoms with Crippen LogP contribution in [0.4, 0.5) is 0 Å². The van der Waals surface area contributed by atoms with Gasteiger partial charge in [-0.05, 0) is 6.92 Å². The smallest absolute Gasteiger partial charge is 0.234 e. The molecule has 0 saturated heterocycles. The van der Waals surface area contributed by atoms with Crippen LogP contribution in [0.25, 0.3) is 0 Å². The molecule has 0 aromatic heterocycles. The van der Waals surface area contributed by atoms with Gasteiger partial charge in [-0.25, -0.2) is 0 Å². The lowest BCUT2D eigenvalue weighted by Crippen LogP contribution is -2.23. The Morgan fingerprint density at radius 3 is 2.25 bits per heavy atom. The van der Waals surface area contributed by atoms with Gasteiger partial charge in [0, 0.05) is 12.0 Å². The van der Waals surface area contributed by atoms with E-state index in [1.807, 2.05) is 26.4 Å². The van der Waals surface area contributed by atoms with Crippen molar-refractivity contribution in [2.75, 3.05) is 6.61 Å². The SMILES string of the molecule is CCO[C@@]1([C]=O)C([C]=O)C1(C)C. The van der Waals surface area contributed by atoms with Crippen LogP contribution in [0.1, 0.15) is 20.8 Å². The molecule has 0 aromatic carbocycles. The highest BCUT2D eigenvalue weighted by molar-refractivity contribution is 5.83. The van der Waals surface area contributed by atoms with Crippen LogP contribution in [0.3, 0.4) is 0 Å². The number of rotatable bonds is 4. The molecule has 1 unspecified atom stereocenters. The van der Waals surface area contributed by atoms with Gasteiger partial charge in [-0.2, -0.15) is 0 Å². The van der Waals surface area contributed by atoms with E-state index in [1.165, 1.54) is 0 Å². The molecule has 0 bridgehead atoms. The number of hydrogen-bond acceptors (Lipinski definition) is 3. The normalized spacial score (nSPS) is 37.4. The van der Waals surface area contributed by atoms with Crippen LogP contribution < -0.4 is 0 Å². The van der Waals surface area contributed by atoms with Crippen LogP contribution in [-0.4, -0.2) is 24.8 Å². The maximum Gasteiger partial charge on any atom is 0.234 e. The second-order valence-corrected chi connectivity index (χ2v) is 3.54. The molecule has 2 radical (unpaired) electrons. The lowest BCUT2D eigenvalue weighted by atomic mass is 10.1. The average molecular weight is 168 g/mol. The van der Waals surface area contributed by atoms with Crippen LogP contribution in [0.5, 0.6) is 0 Å². The lowest BCUT2D eigenvalue weighted by Gasteiger charge is -2.10. The molecule has 2 atom stereocenters. The Hall–Kier alpha value is -0.700. The van der Waals surface area contributed by atoms with E-state index in [0.717, 1.165) is 0 Å². The highest BCUT2D eigenvalue weighted by Gasteiger charge is 2.74. The summed E-state index contributed by atoms with van der Waals surface area (Å²) >= 11 is 0. The molecular formula is C9H12O3. The molecule has 0 N–H and O–H groups in total. The predicted octanol–water partition coefficient (Wildman–Crippen LogP) is 0.637. The minimum Gasteiger partial charge on any atom is -0.366 e. The van der Waals surface area contributed by atoms with Crippen molar-refractivity contribution in [3.05, 3.63) is 0 Å². The van der Waals surface area contributed by atoms with Gasteiger partial charge >= 0.3 is 0 Å². The van der Waals surface area contributed by atoms with Crippen LogP contribution in [-0.2, 0) is 14.3 Å². The molecule has 1 saturated carbocycles. The summed E-state index contributed by atoms with van der Waals surface area (Å²) < 4.78 is 5.22. The van der Waals surface area contributed by atoms with Crippen molar-refractivity contribution < 1.29 is 14.3 Å². The van der Waals surface area contributed by atoms with Gasteiger partial charge < -0.3 is 4.74 Å². The van der Waals surface area contributed by atoms with Gasteiger partial charge in [0.25, 0.3) is 0 Å². The summed E-state index contributed by atoms with van der Waals surface area (Å²) in [5.41, 5.74) is -1.46. The summed E-state index contributed by atoms with van der Waals surface area (Å²) in [6.07, 6.45) is 3.63. The predicted molar refractivity (Wildman–Crippen MR) is 43.0 cm³/mol. The largest absolute Gasteiger partial charge is 0.366 e. The third-order valence-electron chi connectivity index (χ3n) is 2.64. The van der Waals surface area contributed by atoms with Crippen molar-refractivity contribution in [2.24, 2.45) is 11.3 Å². The quantitative estimate of drug-likeness (QED) is 0.618. The molecular weight excluding hydrogens is 156 g/mol. The Labute approximate surface area is 72.1 Å². The first-order chi connectivity index (χ1) is 5.56. The Kier molecular flexibility index (Phi) is 2.08. The van der Waals surface area contributed by atoms with Gasteiger partial charge in [0.1, 0.15) is 0 Å². The third kappa shape index (κ3) is 0.860. The van der Waals surface area contributed by atoms with Crippen molar-refractivity contribution in [1.29, 1.82) is 0 Å². The number of hydrogen-bond donors (Lipinski definition) is 0. The molecule has 0 heterocycles. The molecule has 66 valence electrons. The molecule has 3 nitrogen and oxygen atoms in total. The van der Waals surface area contributed by atoms with Crippen molar-refractivity contribution in [2.45, 2.75) is 26.4 Å². The summed E-state index contributed by atoms with van der Waals surface area (Å²) in [5.74, 6) is -0.456. The van der Waals surface area contributed by atoms with Gasteiger partial charge in [0.15, 0.2) is 5.60 Å². The topological polar surface area (TPSA) is 43.4 Å². The Morgan fingerprint density at radius 1 is 1.42 bits per heavy atom. The Morgan fingerprint density at radius 2 is 2.00 bits per heavy atom. The molecule has 1 aliphatic rings. The van der Waals surface area contributed by atoms with Gasteiger partial charge in [-0.3, -0.25) is 9.59 Å². The van der Waals surface area contributed by atoms with Crippen molar-refractivity contribution in [3.63, 3.8) is 0 Å². The molecule has 0 aliphatic heterocycles. The fraction of sp³-hybridized carbons (Fsp3) is 0.778. The molecule has 1 rings (SSSR count). The molecule has 1 fully saturated rings. The van der Waals surface area contributed by atoms with Gasteiger partial charge in [-0.1, -0.05) is 13.8 Å². The lowest BCUT2D eigenvalue weighted by molar-refractivity contribution is 0.0604. The van der Waals surface area contributed by atoms with Crippen LogP contribution in [0.15, 0.2) is 0 Å². The second kappa shape index (κ2) is 2.66. The van der Waals surface area contributed by atoms with Crippen molar-refractivity contribution in [3.8, 4) is 0 Å². The van der Waals surface area contributed by atoms with Crippen LogP contribution >= 0.6 is 0 Å². The molecule has 0 aromatic rings. The molecule has 0 spiro atoms. The summed E-state index contributed by atoms with van der Waals surface area (Å²) in [6.45, 7) is 5.82. The van der Waals surface area contributed by atoms with Crippen molar-refractivity contribution >= 4 is 12.6 Å². The summed E-state index contributed by atoms with van der Waals surface area (Å²) in [6, 6.07) is 0. The first-order valence-electron chi connectivity index (χ1n) is 3.97. The molecule has 12 heavy (non-hydrogen) atoms. The monoisotopic (exact) mass is 168 g/mol. The Bertz CT molecular complexity index is 210. The second-order valence-electron chi connectivity index (χ2n) is 3.54. The minimum absolute atomic E-state index is 0.414. The van der Waals surface area contributed by atoms with Crippen LogP contribution in [0.2, 0.25) is 0 Å². The van der Waals surface area contributed by atoms with E-state index in [4.69, 9.17) is 4.74 Å². The van der Waals surface area contributed by atoms with E-state index in [9.17, 15) is 9.59 Å². The van der Waals surface area contributed by atoms with E-state index in [-0.39, 0.29) is 0 Å². The number of carbonyl (C=O) groups excluding carboxylic acids is 2. The molecule has 0 amide bonds. The summed E-state index contributed by atoms with van der Waals surface area (Å²) in [7, 11) is 0.